The maximum Gasteiger partial charge on any atom is 0.236 e. The SMILES string of the molecule is CNCC(=O)N1CCc2cc(OC)c(OC)cc2C1. The predicted molar refractivity (Wildman–Crippen MR) is 72.6 cm³/mol. The van der Waals surface area contributed by atoms with Gasteiger partial charge >= 0.3 is 0 Å². The van der Waals surface area contributed by atoms with Crippen molar-refractivity contribution in [1.82, 2.24) is 10.2 Å². The summed E-state index contributed by atoms with van der Waals surface area (Å²) in [4.78, 5) is 13.8. The van der Waals surface area contributed by atoms with Crippen LogP contribution in [-0.2, 0) is 17.8 Å². The highest BCUT2D eigenvalue weighted by Gasteiger charge is 2.22. The van der Waals surface area contributed by atoms with Crippen molar-refractivity contribution in [2.75, 3.05) is 34.4 Å². The van der Waals surface area contributed by atoms with Gasteiger partial charge in [0.2, 0.25) is 5.91 Å². The van der Waals surface area contributed by atoms with Crippen molar-refractivity contribution in [2.45, 2.75) is 13.0 Å². The van der Waals surface area contributed by atoms with E-state index in [0.29, 0.717) is 18.8 Å². The summed E-state index contributed by atoms with van der Waals surface area (Å²) in [5.41, 5.74) is 2.36. The van der Waals surface area contributed by atoms with Crippen molar-refractivity contribution in [3.63, 3.8) is 0 Å². The number of ether oxygens (including phenoxy) is 2. The number of fused-ring (bicyclic) bond motifs is 1. The van der Waals surface area contributed by atoms with Crippen LogP contribution in [-0.4, -0.2) is 45.2 Å². The molecule has 0 saturated carbocycles. The topological polar surface area (TPSA) is 50.8 Å². The van der Waals surface area contributed by atoms with Gasteiger partial charge in [0, 0.05) is 13.1 Å². The van der Waals surface area contributed by atoms with Crippen LogP contribution in [0.1, 0.15) is 11.1 Å². The summed E-state index contributed by atoms with van der Waals surface area (Å²) < 4.78 is 10.6. The minimum Gasteiger partial charge on any atom is -0.493 e. The molecule has 5 nitrogen and oxygen atoms in total. The molecular weight excluding hydrogens is 244 g/mol. The van der Waals surface area contributed by atoms with Gasteiger partial charge in [-0.2, -0.15) is 0 Å². The van der Waals surface area contributed by atoms with Crippen molar-refractivity contribution < 1.29 is 14.3 Å². The Bertz CT molecular complexity index is 474. The van der Waals surface area contributed by atoms with Crippen LogP contribution in [0.5, 0.6) is 11.5 Å². The molecule has 2 rings (SSSR count). The van der Waals surface area contributed by atoms with E-state index < -0.39 is 0 Å². The zero-order chi connectivity index (χ0) is 13.8. The molecule has 0 saturated heterocycles. The first-order chi connectivity index (χ1) is 9.19. The number of hydrogen-bond donors (Lipinski definition) is 1. The van der Waals surface area contributed by atoms with Gasteiger partial charge in [-0.1, -0.05) is 0 Å². The lowest BCUT2D eigenvalue weighted by Crippen LogP contribution is -2.40. The van der Waals surface area contributed by atoms with E-state index in [4.69, 9.17) is 9.47 Å². The molecule has 0 atom stereocenters. The number of hydrogen-bond acceptors (Lipinski definition) is 4. The van der Waals surface area contributed by atoms with Gasteiger partial charge in [0.05, 0.1) is 20.8 Å². The molecule has 0 aromatic heterocycles. The number of nitrogens with zero attached hydrogens (tertiary/aromatic N) is 1. The summed E-state index contributed by atoms with van der Waals surface area (Å²) in [7, 11) is 5.04. The van der Waals surface area contributed by atoms with Gasteiger partial charge < -0.3 is 19.7 Å². The zero-order valence-corrected chi connectivity index (χ0v) is 11.7. The Labute approximate surface area is 113 Å². The number of benzene rings is 1. The van der Waals surface area contributed by atoms with Gasteiger partial charge in [-0.3, -0.25) is 4.79 Å². The minimum absolute atomic E-state index is 0.128. The van der Waals surface area contributed by atoms with E-state index in [0.717, 1.165) is 24.3 Å². The van der Waals surface area contributed by atoms with E-state index in [1.807, 2.05) is 17.0 Å². The Hall–Kier alpha value is -1.75. The van der Waals surface area contributed by atoms with E-state index >= 15 is 0 Å². The molecule has 1 aromatic carbocycles. The first-order valence-electron chi connectivity index (χ1n) is 6.35. The Morgan fingerprint density at radius 3 is 2.47 bits per heavy atom. The van der Waals surface area contributed by atoms with E-state index in [9.17, 15) is 4.79 Å². The largest absolute Gasteiger partial charge is 0.493 e. The highest BCUT2D eigenvalue weighted by molar-refractivity contribution is 5.78. The second kappa shape index (κ2) is 5.93. The standard InChI is InChI=1S/C14H20N2O3/c1-15-8-14(17)16-5-4-10-6-12(18-2)13(19-3)7-11(10)9-16/h6-7,15H,4-5,8-9H2,1-3H3. The summed E-state index contributed by atoms with van der Waals surface area (Å²) in [5.74, 6) is 1.59. The first kappa shape index (κ1) is 13.7. The quantitative estimate of drug-likeness (QED) is 0.874. The summed E-state index contributed by atoms with van der Waals surface area (Å²) in [6.45, 7) is 1.77. The Kier molecular flexibility index (Phi) is 4.27. The molecule has 1 heterocycles. The second-order valence-electron chi connectivity index (χ2n) is 4.57. The van der Waals surface area contributed by atoms with E-state index in [2.05, 4.69) is 5.32 Å². The van der Waals surface area contributed by atoms with E-state index in [-0.39, 0.29) is 5.91 Å². The number of carbonyl (C=O) groups is 1. The third-order valence-electron chi connectivity index (χ3n) is 3.40. The molecule has 1 aliphatic heterocycles. The first-order valence-corrected chi connectivity index (χ1v) is 6.35. The zero-order valence-electron chi connectivity index (χ0n) is 11.7. The molecule has 1 aliphatic rings. The molecule has 1 aromatic rings. The number of nitrogens with one attached hydrogen (secondary N) is 1. The Morgan fingerprint density at radius 2 is 1.89 bits per heavy atom. The maximum atomic E-state index is 11.9. The molecule has 0 fully saturated rings. The summed E-state index contributed by atoms with van der Waals surface area (Å²) in [6, 6.07) is 3.97. The van der Waals surface area contributed by atoms with Gasteiger partial charge in [-0.15, -0.1) is 0 Å². The van der Waals surface area contributed by atoms with Crippen LogP contribution >= 0.6 is 0 Å². The van der Waals surface area contributed by atoms with Gasteiger partial charge in [-0.25, -0.2) is 0 Å². The predicted octanol–water partition coefficient (Wildman–Crippen LogP) is 0.808. The van der Waals surface area contributed by atoms with Crippen LogP contribution in [0.3, 0.4) is 0 Å². The highest BCUT2D eigenvalue weighted by atomic mass is 16.5. The van der Waals surface area contributed by atoms with Gasteiger partial charge in [0.25, 0.3) is 0 Å². The fourth-order valence-corrected chi connectivity index (χ4v) is 2.36. The van der Waals surface area contributed by atoms with Crippen LogP contribution in [0.2, 0.25) is 0 Å². The maximum absolute atomic E-state index is 11.9. The molecule has 1 amide bonds. The summed E-state index contributed by atoms with van der Waals surface area (Å²) in [5, 5.41) is 2.89. The minimum atomic E-state index is 0.128. The number of methoxy groups -OCH3 is 2. The smallest absolute Gasteiger partial charge is 0.236 e. The van der Waals surface area contributed by atoms with Crippen molar-refractivity contribution in [3.8, 4) is 11.5 Å². The normalized spacial score (nSPS) is 13.9. The highest BCUT2D eigenvalue weighted by Crippen LogP contribution is 2.33. The van der Waals surface area contributed by atoms with Crippen molar-refractivity contribution in [2.24, 2.45) is 0 Å². The number of carbonyl (C=O) groups excluding carboxylic acids is 1. The molecule has 1 N–H and O–H groups in total. The Morgan fingerprint density at radius 1 is 1.26 bits per heavy atom. The van der Waals surface area contributed by atoms with Crippen LogP contribution in [0.15, 0.2) is 12.1 Å². The molecule has 5 heteroatoms. The lowest BCUT2D eigenvalue weighted by molar-refractivity contribution is -0.131. The lowest BCUT2D eigenvalue weighted by Gasteiger charge is -2.29. The van der Waals surface area contributed by atoms with Crippen molar-refractivity contribution in [3.05, 3.63) is 23.3 Å². The Balaban J connectivity index is 2.22. The molecule has 0 aliphatic carbocycles. The number of amides is 1. The lowest BCUT2D eigenvalue weighted by atomic mass is 9.98. The average Bonchev–Trinajstić information content (AvgIpc) is 2.45. The second-order valence-corrected chi connectivity index (χ2v) is 4.57. The molecule has 19 heavy (non-hydrogen) atoms. The summed E-state index contributed by atoms with van der Waals surface area (Å²) >= 11 is 0. The third-order valence-corrected chi connectivity index (χ3v) is 3.40. The third kappa shape index (κ3) is 2.81. The van der Waals surface area contributed by atoms with Crippen LogP contribution < -0.4 is 14.8 Å². The van der Waals surface area contributed by atoms with Gasteiger partial charge in [-0.05, 0) is 36.7 Å². The van der Waals surface area contributed by atoms with Crippen molar-refractivity contribution in [1.29, 1.82) is 0 Å². The summed E-state index contributed by atoms with van der Waals surface area (Å²) in [6.07, 6.45) is 0.852. The average molecular weight is 264 g/mol. The van der Waals surface area contributed by atoms with E-state index in [1.165, 1.54) is 5.56 Å². The van der Waals surface area contributed by atoms with Crippen LogP contribution in [0.25, 0.3) is 0 Å². The van der Waals surface area contributed by atoms with Crippen LogP contribution in [0, 0.1) is 0 Å². The monoisotopic (exact) mass is 264 g/mol. The molecule has 0 radical (unpaired) electrons. The van der Waals surface area contributed by atoms with E-state index in [1.54, 1.807) is 21.3 Å². The van der Waals surface area contributed by atoms with Crippen molar-refractivity contribution >= 4 is 5.91 Å². The molecular formula is C14H20N2O3. The van der Waals surface area contributed by atoms with Gasteiger partial charge in [0.1, 0.15) is 0 Å². The van der Waals surface area contributed by atoms with Gasteiger partial charge in [0.15, 0.2) is 11.5 Å². The number of likely N-dealkylation sites (N-methyl/N-ethyl adjacent to an activating group) is 1. The van der Waals surface area contributed by atoms with Crippen LogP contribution in [0.4, 0.5) is 0 Å². The molecule has 0 spiro atoms. The molecule has 0 bridgehead atoms. The fraction of sp³-hybridized carbons (Fsp3) is 0.500. The number of rotatable bonds is 4. The molecule has 104 valence electrons. The fourth-order valence-electron chi connectivity index (χ4n) is 2.36. The molecule has 0 unspecified atom stereocenters.